The van der Waals surface area contributed by atoms with Crippen molar-refractivity contribution in [3.63, 3.8) is 0 Å². The lowest BCUT2D eigenvalue weighted by molar-refractivity contribution is 0.138. The van der Waals surface area contributed by atoms with Crippen LogP contribution in [0, 0.1) is 0 Å². The largest absolute Gasteiger partial charge is 0.445 e. The molecule has 0 aliphatic carbocycles. The summed E-state index contributed by atoms with van der Waals surface area (Å²) in [5, 5.41) is 2.77. The minimum atomic E-state index is -1.21. The van der Waals surface area contributed by atoms with E-state index in [4.69, 9.17) is 13.8 Å². The maximum atomic E-state index is 11.9. The number of rotatable bonds is 13. The van der Waals surface area contributed by atoms with E-state index in [-0.39, 0.29) is 6.61 Å². The van der Waals surface area contributed by atoms with E-state index in [2.05, 4.69) is 37.7 Å². The van der Waals surface area contributed by atoms with Gasteiger partial charge in [-0.3, -0.25) is 0 Å². The lowest BCUT2D eigenvalue weighted by Gasteiger charge is -2.35. The molecule has 1 amide bonds. The Balaban J connectivity index is 1.74. The Morgan fingerprint density at radius 1 is 0.871 bits per heavy atom. The topological polar surface area (TPSA) is 60.0 Å². The highest BCUT2D eigenvalue weighted by atomic mass is 31.2. The van der Waals surface area contributed by atoms with Crippen LogP contribution in [0.15, 0.2) is 60.7 Å². The molecule has 2 aromatic rings. The zero-order chi connectivity index (χ0) is 22.5. The van der Waals surface area contributed by atoms with Gasteiger partial charge in [-0.15, -0.1) is 0 Å². The van der Waals surface area contributed by atoms with Crippen LogP contribution in [-0.4, -0.2) is 36.0 Å². The molecule has 0 saturated carbocycles. The maximum Gasteiger partial charge on any atom is 0.407 e. The number of hydrogen-bond acceptors (Lipinski definition) is 5. The molecule has 31 heavy (non-hydrogen) atoms. The molecule has 6 nitrogen and oxygen atoms in total. The molecule has 1 unspecified atom stereocenters. The highest BCUT2D eigenvalue weighted by Crippen LogP contribution is 2.46. The minimum Gasteiger partial charge on any atom is -0.445 e. The number of alkyl carbamates (subject to hydrolysis) is 1. The Morgan fingerprint density at radius 2 is 1.42 bits per heavy atom. The van der Waals surface area contributed by atoms with E-state index in [0.717, 1.165) is 11.1 Å². The van der Waals surface area contributed by atoms with Gasteiger partial charge in [-0.25, -0.2) is 9.46 Å². The standard InChI is InChI=1S/C24H35N2O4P/c1-20(2)26(21(3)4)31(30-19-23-14-9-6-10-15-23)29-17-11-16-25-24(27)28-18-22-12-7-5-8-13-22/h5-10,12-15,20-21H,11,16-19H2,1-4H3,(H,25,27). The number of carbonyl (C=O) groups excluding carboxylic acids is 1. The van der Waals surface area contributed by atoms with Gasteiger partial charge in [-0.2, -0.15) is 0 Å². The zero-order valence-corrected chi connectivity index (χ0v) is 19.9. The third-order valence-corrected chi connectivity index (χ3v) is 6.49. The molecule has 0 spiro atoms. The normalized spacial score (nSPS) is 12.4. The Labute approximate surface area is 187 Å². The van der Waals surface area contributed by atoms with Crippen LogP contribution in [0.5, 0.6) is 0 Å². The minimum absolute atomic E-state index is 0.263. The van der Waals surface area contributed by atoms with Crippen molar-refractivity contribution in [2.24, 2.45) is 0 Å². The Kier molecular flexibility index (Phi) is 11.5. The van der Waals surface area contributed by atoms with Crippen LogP contribution in [0.3, 0.4) is 0 Å². The van der Waals surface area contributed by atoms with Crippen molar-refractivity contribution in [2.45, 2.75) is 59.4 Å². The molecular formula is C24H35N2O4P. The van der Waals surface area contributed by atoms with Crippen LogP contribution in [0.1, 0.15) is 45.2 Å². The highest BCUT2D eigenvalue weighted by molar-refractivity contribution is 7.44. The van der Waals surface area contributed by atoms with Gasteiger partial charge < -0.3 is 19.1 Å². The highest BCUT2D eigenvalue weighted by Gasteiger charge is 2.27. The fourth-order valence-corrected chi connectivity index (χ4v) is 4.67. The summed E-state index contributed by atoms with van der Waals surface area (Å²) in [5.41, 5.74) is 2.08. The van der Waals surface area contributed by atoms with Gasteiger partial charge in [0.05, 0.1) is 13.2 Å². The van der Waals surface area contributed by atoms with Crippen molar-refractivity contribution in [2.75, 3.05) is 13.2 Å². The molecule has 7 heteroatoms. The lowest BCUT2D eigenvalue weighted by atomic mass is 10.2. The first-order valence-electron chi connectivity index (χ1n) is 10.8. The number of hydrogen-bond donors (Lipinski definition) is 1. The third-order valence-electron chi connectivity index (χ3n) is 4.44. The zero-order valence-electron chi connectivity index (χ0n) is 19.0. The van der Waals surface area contributed by atoms with Crippen LogP contribution in [0.25, 0.3) is 0 Å². The van der Waals surface area contributed by atoms with Crippen LogP contribution in [0.2, 0.25) is 0 Å². The molecule has 0 aliphatic rings. The molecule has 1 N–H and O–H groups in total. The molecule has 0 heterocycles. The van der Waals surface area contributed by atoms with E-state index in [1.165, 1.54) is 0 Å². The number of ether oxygens (including phenoxy) is 1. The molecule has 2 rings (SSSR count). The molecule has 0 aliphatic heterocycles. The summed E-state index contributed by atoms with van der Waals surface area (Å²) in [4.78, 5) is 11.9. The average Bonchev–Trinajstić information content (AvgIpc) is 2.76. The second-order valence-electron chi connectivity index (χ2n) is 7.74. The SMILES string of the molecule is CC(C)N(C(C)C)P(OCCCNC(=O)OCc1ccccc1)OCc1ccccc1. The average molecular weight is 447 g/mol. The summed E-state index contributed by atoms with van der Waals surface area (Å²) in [5.74, 6) is 0. The van der Waals surface area contributed by atoms with E-state index in [1.54, 1.807) is 0 Å². The Bertz CT molecular complexity index is 736. The second-order valence-corrected chi connectivity index (χ2v) is 9.19. The van der Waals surface area contributed by atoms with E-state index < -0.39 is 14.6 Å². The fourth-order valence-electron chi connectivity index (χ4n) is 3.03. The first-order chi connectivity index (χ1) is 15.0. The summed E-state index contributed by atoms with van der Waals surface area (Å²) >= 11 is 0. The summed E-state index contributed by atoms with van der Waals surface area (Å²) in [6, 6.07) is 20.3. The number of benzene rings is 2. The number of carbonyl (C=O) groups is 1. The van der Waals surface area contributed by atoms with Crippen molar-refractivity contribution >= 4 is 14.6 Å². The number of amides is 1. The van der Waals surface area contributed by atoms with Crippen molar-refractivity contribution in [3.8, 4) is 0 Å². The van der Waals surface area contributed by atoms with Gasteiger partial charge in [-0.1, -0.05) is 60.7 Å². The number of nitrogens with one attached hydrogen (secondary N) is 1. The molecule has 0 fully saturated rings. The fraction of sp³-hybridized carbons (Fsp3) is 0.458. The van der Waals surface area contributed by atoms with Crippen molar-refractivity contribution in [1.82, 2.24) is 9.99 Å². The summed E-state index contributed by atoms with van der Waals surface area (Å²) < 4.78 is 19.8. The summed E-state index contributed by atoms with van der Waals surface area (Å²) in [6.07, 6.45) is 0.260. The van der Waals surface area contributed by atoms with Crippen molar-refractivity contribution in [3.05, 3.63) is 71.8 Å². The maximum absolute atomic E-state index is 11.9. The molecule has 0 saturated heterocycles. The monoisotopic (exact) mass is 446 g/mol. The van der Waals surface area contributed by atoms with Gasteiger partial charge in [0.15, 0.2) is 0 Å². The molecule has 0 aromatic heterocycles. The second kappa shape index (κ2) is 14.2. The van der Waals surface area contributed by atoms with E-state index in [0.29, 0.717) is 38.3 Å². The van der Waals surface area contributed by atoms with Crippen molar-refractivity contribution in [1.29, 1.82) is 0 Å². The van der Waals surface area contributed by atoms with E-state index in [1.807, 2.05) is 60.7 Å². The molecule has 1 atom stereocenters. The molecule has 0 bridgehead atoms. The summed E-state index contributed by atoms with van der Waals surface area (Å²) in [7, 11) is -1.21. The van der Waals surface area contributed by atoms with Crippen LogP contribution >= 0.6 is 8.53 Å². The van der Waals surface area contributed by atoms with Gasteiger partial charge in [-0.05, 0) is 45.2 Å². The first-order valence-corrected chi connectivity index (χ1v) is 11.9. The Morgan fingerprint density at radius 3 is 1.97 bits per heavy atom. The van der Waals surface area contributed by atoms with Crippen molar-refractivity contribution < 1.29 is 18.6 Å². The predicted octanol–water partition coefficient (Wildman–Crippen LogP) is 5.88. The molecule has 2 aromatic carbocycles. The summed E-state index contributed by atoms with van der Waals surface area (Å²) in [6.45, 7) is 10.3. The van der Waals surface area contributed by atoms with E-state index >= 15 is 0 Å². The van der Waals surface area contributed by atoms with Crippen LogP contribution in [0.4, 0.5) is 4.79 Å². The quantitative estimate of drug-likeness (QED) is 0.307. The van der Waals surface area contributed by atoms with Gasteiger partial charge in [0.25, 0.3) is 8.53 Å². The molecule has 0 radical (unpaired) electrons. The number of nitrogens with zero attached hydrogens (tertiary/aromatic N) is 1. The van der Waals surface area contributed by atoms with E-state index in [9.17, 15) is 4.79 Å². The van der Waals surface area contributed by atoms with Gasteiger partial charge >= 0.3 is 6.09 Å². The predicted molar refractivity (Wildman–Crippen MR) is 125 cm³/mol. The van der Waals surface area contributed by atoms with Crippen LogP contribution < -0.4 is 5.32 Å². The van der Waals surface area contributed by atoms with Gasteiger partial charge in [0.1, 0.15) is 6.61 Å². The molecule has 170 valence electrons. The Hall–Kier alpha value is -1.98. The molecular weight excluding hydrogens is 411 g/mol. The third kappa shape index (κ3) is 9.79. The van der Waals surface area contributed by atoms with Crippen LogP contribution in [-0.2, 0) is 27.0 Å². The van der Waals surface area contributed by atoms with Gasteiger partial charge in [0, 0.05) is 18.6 Å². The van der Waals surface area contributed by atoms with Gasteiger partial charge in [0.2, 0.25) is 0 Å². The first kappa shape index (κ1) is 25.3. The smallest absolute Gasteiger partial charge is 0.407 e. The lowest BCUT2D eigenvalue weighted by Crippen LogP contribution is -2.33.